The molecule has 1 amide bonds. The minimum atomic E-state index is 0.646. The summed E-state index contributed by atoms with van der Waals surface area (Å²) in [6, 6.07) is 0. The van der Waals surface area contributed by atoms with Crippen LogP contribution in [-0.4, -0.2) is 18.5 Å². The zero-order valence-corrected chi connectivity index (χ0v) is 6.01. The standard InChI is InChI=1S/C6H12N2O/c1-4-6(2)8(3)7-5-9/h4-5H,1-3H3,(H,7,9)/b6-4+. The van der Waals surface area contributed by atoms with Crippen LogP contribution in [0.15, 0.2) is 11.8 Å². The van der Waals surface area contributed by atoms with Gasteiger partial charge in [-0.25, -0.2) is 0 Å². The van der Waals surface area contributed by atoms with Crippen LogP contribution in [0, 0.1) is 0 Å². The van der Waals surface area contributed by atoms with Crippen molar-refractivity contribution in [3.05, 3.63) is 11.8 Å². The maximum Gasteiger partial charge on any atom is 0.225 e. The van der Waals surface area contributed by atoms with Crippen molar-refractivity contribution in [3.63, 3.8) is 0 Å². The third kappa shape index (κ3) is 2.74. The first-order valence-corrected chi connectivity index (χ1v) is 2.78. The summed E-state index contributed by atoms with van der Waals surface area (Å²) in [4.78, 5) is 9.86. The first-order valence-electron chi connectivity index (χ1n) is 2.78. The van der Waals surface area contributed by atoms with E-state index in [1.807, 2.05) is 19.9 Å². The van der Waals surface area contributed by atoms with Crippen LogP contribution in [0.4, 0.5) is 0 Å². The minimum Gasteiger partial charge on any atom is -0.294 e. The van der Waals surface area contributed by atoms with Crippen LogP contribution < -0.4 is 5.43 Å². The number of amides is 1. The number of allylic oxidation sites excluding steroid dienone is 2. The summed E-state index contributed by atoms with van der Waals surface area (Å²) in [6.45, 7) is 3.83. The van der Waals surface area contributed by atoms with Crippen LogP contribution in [0.1, 0.15) is 13.8 Å². The van der Waals surface area contributed by atoms with Gasteiger partial charge in [0.15, 0.2) is 0 Å². The van der Waals surface area contributed by atoms with Crippen molar-refractivity contribution in [2.45, 2.75) is 13.8 Å². The number of hydrogen-bond donors (Lipinski definition) is 1. The van der Waals surface area contributed by atoms with Gasteiger partial charge in [0.1, 0.15) is 0 Å². The van der Waals surface area contributed by atoms with Crippen molar-refractivity contribution in [3.8, 4) is 0 Å². The summed E-state index contributed by atoms with van der Waals surface area (Å²) < 4.78 is 0. The summed E-state index contributed by atoms with van der Waals surface area (Å²) in [5, 5.41) is 1.65. The van der Waals surface area contributed by atoms with E-state index in [2.05, 4.69) is 5.43 Å². The maximum absolute atomic E-state index is 9.86. The van der Waals surface area contributed by atoms with Crippen molar-refractivity contribution >= 4 is 6.41 Å². The Morgan fingerprint density at radius 1 is 1.67 bits per heavy atom. The second kappa shape index (κ2) is 3.95. The fraction of sp³-hybridized carbons (Fsp3) is 0.500. The molecule has 0 saturated heterocycles. The third-order valence-corrected chi connectivity index (χ3v) is 1.19. The molecule has 3 heteroatoms. The molecule has 0 unspecified atom stereocenters. The number of carbonyl (C=O) groups excluding carboxylic acids is 1. The predicted octanol–water partition coefficient (Wildman–Crippen LogP) is 0.503. The van der Waals surface area contributed by atoms with Gasteiger partial charge in [-0.1, -0.05) is 6.08 Å². The van der Waals surface area contributed by atoms with Crippen LogP contribution in [0.25, 0.3) is 0 Å². The maximum atomic E-state index is 9.86. The molecule has 0 radical (unpaired) electrons. The van der Waals surface area contributed by atoms with Crippen LogP contribution >= 0.6 is 0 Å². The Morgan fingerprint density at radius 3 is 2.56 bits per heavy atom. The van der Waals surface area contributed by atoms with E-state index in [-0.39, 0.29) is 0 Å². The van der Waals surface area contributed by atoms with Crippen LogP contribution in [-0.2, 0) is 4.79 Å². The summed E-state index contributed by atoms with van der Waals surface area (Å²) in [7, 11) is 1.78. The second-order valence-electron chi connectivity index (χ2n) is 1.74. The van der Waals surface area contributed by atoms with Crippen molar-refractivity contribution in [1.82, 2.24) is 10.4 Å². The first kappa shape index (κ1) is 8.01. The Labute approximate surface area is 55.3 Å². The van der Waals surface area contributed by atoms with E-state index < -0.39 is 0 Å². The van der Waals surface area contributed by atoms with Crippen molar-refractivity contribution in [1.29, 1.82) is 0 Å². The molecule has 0 fully saturated rings. The Kier molecular flexibility index (Phi) is 3.51. The zero-order valence-electron chi connectivity index (χ0n) is 6.01. The van der Waals surface area contributed by atoms with Crippen molar-refractivity contribution in [2.75, 3.05) is 7.05 Å². The van der Waals surface area contributed by atoms with Gasteiger partial charge in [0, 0.05) is 12.7 Å². The summed E-state index contributed by atoms with van der Waals surface area (Å²) >= 11 is 0. The molecule has 0 aliphatic rings. The molecule has 0 aromatic carbocycles. The lowest BCUT2D eigenvalue weighted by Crippen LogP contribution is -2.31. The number of nitrogens with zero attached hydrogens (tertiary/aromatic N) is 1. The SMILES string of the molecule is C/C=C(\C)N(C)NC=O. The Balaban J connectivity index is 3.72. The molecule has 0 atom stereocenters. The van der Waals surface area contributed by atoms with Gasteiger partial charge in [0.05, 0.1) is 0 Å². The smallest absolute Gasteiger partial charge is 0.225 e. The van der Waals surface area contributed by atoms with Gasteiger partial charge >= 0.3 is 0 Å². The number of nitrogens with one attached hydrogen (secondary N) is 1. The molecule has 52 valence electrons. The second-order valence-corrected chi connectivity index (χ2v) is 1.74. The third-order valence-electron chi connectivity index (χ3n) is 1.19. The molecule has 0 saturated carbocycles. The molecular formula is C6H12N2O. The molecule has 0 aromatic rings. The Bertz CT molecular complexity index is 120. The lowest BCUT2D eigenvalue weighted by atomic mass is 10.4. The largest absolute Gasteiger partial charge is 0.294 e. The summed E-state index contributed by atoms with van der Waals surface area (Å²) in [6.07, 6.45) is 2.56. The molecule has 3 nitrogen and oxygen atoms in total. The zero-order chi connectivity index (χ0) is 7.28. The fourth-order valence-electron chi connectivity index (χ4n) is 0.375. The van der Waals surface area contributed by atoms with E-state index in [9.17, 15) is 4.79 Å². The van der Waals surface area contributed by atoms with E-state index in [0.29, 0.717) is 6.41 Å². The molecule has 0 bridgehead atoms. The molecule has 1 N–H and O–H groups in total. The van der Waals surface area contributed by atoms with Gasteiger partial charge in [-0.15, -0.1) is 0 Å². The molecule has 0 spiro atoms. The molecule has 9 heavy (non-hydrogen) atoms. The highest BCUT2D eigenvalue weighted by Crippen LogP contribution is 1.92. The topological polar surface area (TPSA) is 32.3 Å². The normalized spacial score (nSPS) is 10.8. The van der Waals surface area contributed by atoms with Gasteiger partial charge in [0.2, 0.25) is 6.41 Å². The van der Waals surface area contributed by atoms with E-state index in [1.54, 1.807) is 12.1 Å². The number of hydrogen-bond acceptors (Lipinski definition) is 2. The summed E-state index contributed by atoms with van der Waals surface area (Å²) in [5.41, 5.74) is 3.50. The highest BCUT2D eigenvalue weighted by Gasteiger charge is 1.91. The van der Waals surface area contributed by atoms with E-state index in [0.717, 1.165) is 5.70 Å². The quantitative estimate of drug-likeness (QED) is 0.443. The van der Waals surface area contributed by atoms with E-state index >= 15 is 0 Å². The van der Waals surface area contributed by atoms with Crippen LogP contribution in [0.2, 0.25) is 0 Å². The molecule has 0 rings (SSSR count). The lowest BCUT2D eigenvalue weighted by molar-refractivity contribution is -0.112. The first-order chi connectivity index (χ1) is 4.22. The summed E-state index contributed by atoms with van der Waals surface area (Å²) in [5.74, 6) is 0. The molecule has 0 aromatic heterocycles. The van der Waals surface area contributed by atoms with Crippen molar-refractivity contribution < 1.29 is 4.79 Å². The predicted molar refractivity (Wildman–Crippen MR) is 36.4 cm³/mol. The van der Waals surface area contributed by atoms with Gasteiger partial charge < -0.3 is 0 Å². The number of hydrazine groups is 1. The molecule has 0 aliphatic heterocycles. The van der Waals surface area contributed by atoms with Gasteiger partial charge in [0.25, 0.3) is 0 Å². The van der Waals surface area contributed by atoms with E-state index in [1.165, 1.54) is 0 Å². The molecular weight excluding hydrogens is 116 g/mol. The lowest BCUT2D eigenvalue weighted by Gasteiger charge is -2.16. The van der Waals surface area contributed by atoms with Gasteiger partial charge in [-0.05, 0) is 13.8 Å². The van der Waals surface area contributed by atoms with Crippen LogP contribution in [0.5, 0.6) is 0 Å². The minimum absolute atomic E-state index is 0.646. The number of carbonyl (C=O) groups is 1. The van der Waals surface area contributed by atoms with Gasteiger partial charge in [-0.2, -0.15) is 0 Å². The van der Waals surface area contributed by atoms with Crippen LogP contribution in [0.3, 0.4) is 0 Å². The van der Waals surface area contributed by atoms with Crippen molar-refractivity contribution in [2.24, 2.45) is 0 Å². The fourth-order valence-corrected chi connectivity index (χ4v) is 0.375. The molecule has 0 heterocycles. The Hall–Kier alpha value is -0.990. The highest BCUT2D eigenvalue weighted by atomic mass is 16.1. The Morgan fingerprint density at radius 2 is 2.22 bits per heavy atom. The van der Waals surface area contributed by atoms with E-state index in [4.69, 9.17) is 0 Å². The van der Waals surface area contributed by atoms with Gasteiger partial charge in [-0.3, -0.25) is 15.2 Å². The highest BCUT2D eigenvalue weighted by molar-refractivity contribution is 5.45. The average Bonchev–Trinajstić information content (AvgIpc) is 1.87. The monoisotopic (exact) mass is 128 g/mol. The number of rotatable bonds is 3. The molecule has 0 aliphatic carbocycles. The average molecular weight is 128 g/mol.